The Morgan fingerprint density at radius 2 is 2.20 bits per heavy atom. The molecule has 0 aromatic heterocycles. The van der Waals surface area contributed by atoms with Gasteiger partial charge in [-0.05, 0) is 19.3 Å². The molecule has 0 aromatic carbocycles. The summed E-state index contributed by atoms with van der Waals surface area (Å²) in [7, 11) is -3.37. The molecule has 2 N–H and O–H groups in total. The van der Waals surface area contributed by atoms with Gasteiger partial charge in [0.25, 0.3) is 0 Å². The van der Waals surface area contributed by atoms with Crippen molar-refractivity contribution >= 4 is 27.5 Å². The number of rotatable bonds is 5. The number of hydrogen-bond acceptors (Lipinski definition) is 3. The van der Waals surface area contributed by atoms with Crippen LogP contribution in [0.25, 0.3) is 0 Å². The highest BCUT2D eigenvalue weighted by atomic mass is 35.5. The van der Waals surface area contributed by atoms with Gasteiger partial charge in [0.2, 0.25) is 15.9 Å². The molecule has 0 saturated carbocycles. The molecular formula is C8H15ClN2O3S. The van der Waals surface area contributed by atoms with Crippen molar-refractivity contribution in [1.82, 2.24) is 4.31 Å². The van der Waals surface area contributed by atoms with E-state index in [9.17, 15) is 13.2 Å². The van der Waals surface area contributed by atoms with Crippen LogP contribution in [0, 0.1) is 0 Å². The lowest BCUT2D eigenvalue weighted by molar-refractivity contribution is -0.121. The van der Waals surface area contributed by atoms with Crippen molar-refractivity contribution in [3.63, 3.8) is 0 Å². The number of halogens is 1. The normalized spacial score (nSPS) is 23.1. The molecule has 0 bridgehead atoms. The van der Waals surface area contributed by atoms with Crippen LogP contribution in [0.2, 0.25) is 0 Å². The zero-order chi connectivity index (χ0) is 11.5. The summed E-state index contributed by atoms with van der Waals surface area (Å²) in [5.74, 6) is -0.281. The highest BCUT2D eigenvalue weighted by Gasteiger charge is 2.36. The van der Waals surface area contributed by atoms with Crippen LogP contribution in [0.5, 0.6) is 0 Å². The lowest BCUT2D eigenvalue weighted by Crippen LogP contribution is -2.44. The molecule has 0 spiro atoms. The summed E-state index contributed by atoms with van der Waals surface area (Å²) in [5.41, 5.74) is 5.14. The van der Waals surface area contributed by atoms with Gasteiger partial charge in [0.05, 0.1) is 5.75 Å². The summed E-state index contributed by atoms with van der Waals surface area (Å²) in [6.07, 6.45) is 1.61. The molecule has 1 amide bonds. The van der Waals surface area contributed by atoms with E-state index in [4.69, 9.17) is 17.3 Å². The third kappa shape index (κ3) is 3.06. The lowest BCUT2D eigenvalue weighted by atomic mass is 10.2. The Kier molecular flexibility index (Phi) is 4.36. The summed E-state index contributed by atoms with van der Waals surface area (Å²) in [6, 6.07) is -0.662. The van der Waals surface area contributed by atoms with Gasteiger partial charge in [0.15, 0.2) is 0 Å². The van der Waals surface area contributed by atoms with Crippen LogP contribution in [0.4, 0.5) is 0 Å². The maximum absolute atomic E-state index is 11.8. The standard InChI is InChI=1S/C8H15ClN2O3S/c9-4-2-6-15(13,14)11-5-1-3-7(11)8(10)12/h7H,1-6H2,(H2,10,12). The highest BCUT2D eigenvalue weighted by Crippen LogP contribution is 2.21. The van der Waals surface area contributed by atoms with Gasteiger partial charge in [-0.1, -0.05) is 0 Å². The van der Waals surface area contributed by atoms with Crippen LogP contribution in [0.1, 0.15) is 19.3 Å². The number of amides is 1. The zero-order valence-electron chi connectivity index (χ0n) is 8.36. The summed E-state index contributed by atoms with van der Waals surface area (Å²) < 4.78 is 24.7. The van der Waals surface area contributed by atoms with Gasteiger partial charge in [-0.3, -0.25) is 4.79 Å². The molecule has 88 valence electrons. The van der Waals surface area contributed by atoms with Gasteiger partial charge >= 0.3 is 0 Å². The second kappa shape index (κ2) is 5.14. The third-order valence-electron chi connectivity index (χ3n) is 2.43. The minimum atomic E-state index is -3.37. The van der Waals surface area contributed by atoms with Gasteiger partial charge in [0.1, 0.15) is 6.04 Å². The van der Waals surface area contributed by atoms with Gasteiger partial charge < -0.3 is 5.73 Å². The molecule has 1 aliphatic rings. The number of hydrogen-bond donors (Lipinski definition) is 1. The number of sulfonamides is 1. The predicted molar refractivity (Wildman–Crippen MR) is 58.0 cm³/mol. The molecule has 1 heterocycles. The average Bonchev–Trinajstić information content (AvgIpc) is 2.63. The quantitative estimate of drug-likeness (QED) is 0.696. The molecule has 0 aromatic rings. The van der Waals surface area contributed by atoms with Crippen molar-refractivity contribution in [2.45, 2.75) is 25.3 Å². The van der Waals surface area contributed by atoms with Crippen LogP contribution >= 0.6 is 11.6 Å². The molecule has 1 fully saturated rings. The molecule has 0 aliphatic carbocycles. The molecule has 5 nitrogen and oxygen atoms in total. The first kappa shape index (κ1) is 12.7. The van der Waals surface area contributed by atoms with E-state index in [1.165, 1.54) is 4.31 Å². The number of nitrogens with two attached hydrogens (primary N) is 1. The van der Waals surface area contributed by atoms with E-state index in [1.807, 2.05) is 0 Å². The Morgan fingerprint density at radius 3 is 2.73 bits per heavy atom. The molecule has 1 aliphatic heterocycles. The predicted octanol–water partition coefficient (Wildman–Crippen LogP) is -0.105. The Balaban J connectivity index is 2.73. The molecular weight excluding hydrogens is 240 g/mol. The fourth-order valence-corrected chi connectivity index (χ4v) is 3.75. The first-order valence-corrected chi connectivity index (χ1v) is 6.98. The van der Waals surface area contributed by atoms with Crippen LogP contribution in [0.15, 0.2) is 0 Å². The van der Waals surface area contributed by atoms with E-state index in [1.54, 1.807) is 0 Å². The van der Waals surface area contributed by atoms with Crippen molar-refractivity contribution in [2.24, 2.45) is 5.73 Å². The van der Waals surface area contributed by atoms with Crippen LogP contribution < -0.4 is 5.73 Å². The number of carbonyl (C=O) groups excluding carboxylic acids is 1. The number of primary amides is 1. The average molecular weight is 255 g/mol. The monoisotopic (exact) mass is 254 g/mol. The van der Waals surface area contributed by atoms with Crippen molar-refractivity contribution < 1.29 is 13.2 Å². The van der Waals surface area contributed by atoms with Crippen LogP contribution in [-0.2, 0) is 14.8 Å². The van der Waals surface area contributed by atoms with Gasteiger partial charge in [-0.25, -0.2) is 8.42 Å². The van der Waals surface area contributed by atoms with Gasteiger partial charge in [-0.15, -0.1) is 11.6 Å². The lowest BCUT2D eigenvalue weighted by Gasteiger charge is -2.21. The van der Waals surface area contributed by atoms with E-state index in [0.29, 0.717) is 31.7 Å². The Hall–Kier alpha value is -0.330. The molecule has 1 unspecified atom stereocenters. The second-order valence-electron chi connectivity index (χ2n) is 3.53. The molecule has 1 rings (SSSR count). The van der Waals surface area contributed by atoms with Crippen molar-refractivity contribution in [3.05, 3.63) is 0 Å². The topological polar surface area (TPSA) is 80.5 Å². The van der Waals surface area contributed by atoms with Crippen molar-refractivity contribution in [3.8, 4) is 0 Å². The van der Waals surface area contributed by atoms with Crippen LogP contribution in [-0.4, -0.2) is 42.8 Å². The van der Waals surface area contributed by atoms with E-state index in [2.05, 4.69) is 0 Å². The first-order chi connectivity index (χ1) is 6.99. The van der Waals surface area contributed by atoms with E-state index < -0.39 is 22.0 Å². The van der Waals surface area contributed by atoms with E-state index in [0.717, 1.165) is 0 Å². The number of nitrogens with zero attached hydrogens (tertiary/aromatic N) is 1. The maximum Gasteiger partial charge on any atom is 0.235 e. The Bertz CT molecular complexity index is 331. The second-order valence-corrected chi connectivity index (χ2v) is 5.95. The van der Waals surface area contributed by atoms with E-state index in [-0.39, 0.29) is 5.75 Å². The molecule has 0 radical (unpaired) electrons. The first-order valence-electron chi connectivity index (χ1n) is 4.84. The summed E-state index contributed by atoms with van der Waals surface area (Å²) in [5, 5.41) is 0. The molecule has 1 saturated heterocycles. The molecule has 15 heavy (non-hydrogen) atoms. The summed E-state index contributed by atoms with van der Waals surface area (Å²) >= 11 is 5.44. The van der Waals surface area contributed by atoms with Gasteiger partial charge in [0, 0.05) is 12.4 Å². The highest BCUT2D eigenvalue weighted by molar-refractivity contribution is 7.89. The maximum atomic E-state index is 11.8. The largest absolute Gasteiger partial charge is 0.368 e. The SMILES string of the molecule is NC(=O)C1CCCN1S(=O)(=O)CCCCl. The summed E-state index contributed by atoms with van der Waals surface area (Å²) in [4.78, 5) is 11.0. The Labute approximate surface area is 94.6 Å². The fourth-order valence-electron chi connectivity index (χ4n) is 1.71. The van der Waals surface area contributed by atoms with Gasteiger partial charge in [-0.2, -0.15) is 4.31 Å². The Morgan fingerprint density at radius 1 is 1.53 bits per heavy atom. The smallest absolute Gasteiger partial charge is 0.235 e. The fraction of sp³-hybridized carbons (Fsp3) is 0.875. The summed E-state index contributed by atoms with van der Waals surface area (Å²) in [6.45, 7) is 0.387. The third-order valence-corrected chi connectivity index (χ3v) is 4.65. The minimum Gasteiger partial charge on any atom is -0.368 e. The van der Waals surface area contributed by atoms with Crippen molar-refractivity contribution in [1.29, 1.82) is 0 Å². The zero-order valence-corrected chi connectivity index (χ0v) is 9.93. The van der Waals surface area contributed by atoms with E-state index >= 15 is 0 Å². The van der Waals surface area contributed by atoms with Crippen molar-refractivity contribution in [2.75, 3.05) is 18.2 Å². The number of carbonyl (C=O) groups is 1. The number of alkyl halides is 1. The molecule has 1 atom stereocenters. The molecule has 7 heteroatoms. The minimum absolute atomic E-state index is 0.0136. The van der Waals surface area contributed by atoms with Crippen LogP contribution in [0.3, 0.4) is 0 Å².